The molecule has 0 fully saturated rings. The van der Waals surface area contributed by atoms with Crippen LogP contribution in [0.15, 0.2) is 137 Å². The highest BCUT2D eigenvalue weighted by molar-refractivity contribution is 7.80. The molecular formula is C50H44N4O9S. The van der Waals surface area contributed by atoms with Crippen molar-refractivity contribution in [3.8, 4) is 45.1 Å². The molecule has 8 rings (SSSR count). The Bertz CT molecular complexity index is 2870. The number of hydrogen-bond acceptors (Lipinski definition) is 9. The lowest BCUT2D eigenvalue weighted by atomic mass is 9.90. The maximum Gasteiger partial charge on any atom is 0.407 e. The second kappa shape index (κ2) is 19.1. The molecule has 0 spiro atoms. The van der Waals surface area contributed by atoms with Crippen molar-refractivity contribution < 1.29 is 38.9 Å². The monoisotopic (exact) mass is 876 g/mol. The van der Waals surface area contributed by atoms with E-state index in [0.29, 0.717) is 66.5 Å². The Morgan fingerprint density at radius 1 is 0.734 bits per heavy atom. The minimum Gasteiger partial charge on any atom is -0.508 e. The van der Waals surface area contributed by atoms with Crippen LogP contribution >= 0.6 is 12.2 Å². The summed E-state index contributed by atoms with van der Waals surface area (Å²) in [5, 5.41) is 42.8. The van der Waals surface area contributed by atoms with Crippen LogP contribution in [0.3, 0.4) is 0 Å². The molecule has 1 unspecified atom stereocenters. The van der Waals surface area contributed by atoms with E-state index in [1.807, 2.05) is 36.4 Å². The van der Waals surface area contributed by atoms with Gasteiger partial charge < -0.3 is 45.7 Å². The molecule has 324 valence electrons. The summed E-state index contributed by atoms with van der Waals surface area (Å²) in [6, 6.07) is 35.6. The minimum atomic E-state index is -1.19. The lowest BCUT2D eigenvalue weighted by Gasteiger charge is -2.20. The molecule has 0 saturated carbocycles. The highest BCUT2D eigenvalue weighted by Crippen LogP contribution is 2.45. The van der Waals surface area contributed by atoms with Crippen molar-refractivity contribution in [1.29, 1.82) is 0 Å². The molecule has 3 aliphatic rings. The molecule has 1 atom stereocenters. The quantitative estimate of drug-likeness (QED) is 0.0295. The van der Waals surface area contributed by atoms with E-state index in [0.717, 1.165) is 27.8 Å². The number of carboxylic acids is 1. The number of aromatic hydroxyl groups is 2. The van der Waals surface area contributed by atoms with Crippen LogP contribution in [0.25, 0.3) is 44.5 Å². The number of hydrogen-bond donors (Lipinski definition) is 7. The second-order valence-electron chi connectivity index (χ2n) is 15.5. The van der Waals surface area contributed by atoms with Gasteiger partial charge in [-0.2, -0.15) is 0 Å². The number of carboxylic acid groups (broad SMARTS) is 1. The third kappa shape index (κ3) is 9.67. The fraction of sp³-hybridized carbons (Fsp3) is 0.180. The first-order valence-electron chi connectivity index (χ1n) is 20.8. The van der Waals surface area contributed by atoms with Crippen LogP contribution in [0.2, 0.25) is 0 Å². The summed E-state index contributed by atoms with van der Waals surface area (Å²) >= 11 is 5.55. The SMILES string of the molecule is O=C(NC(CCCCNC(=S)Nc1ccc(-c2c3ccc(=O)cc-3oc3cc(O)ccc23)c(C(=O)O)c1)C(=O)NCCc1ccc(O)cc1)OCC1c2ccccc2-c2ccccc21. The lowest BCUT2D eigenvalue weighted by molar-refractivity contribution is -0.123. The molecule has 0 saturated heterocycles. The molecule has 2 aliphatic carbocycles. The maximum absolute atomic E-state index is 13.5. The third-order valence-electron chi connectivity index (χ3n) is 11.3. The first kappa shape index (κ1) is 43.0. The van der Waals surface area contributed by atoms with E-state index in [9.17, 15) is 34.5 Å². The molecule has 14 heteroatoms. The largest absolute Gasteiger partial charge is 0.508 e. The van der Waals surface area contributed by atoms with Gasteiger partial charge in [-0.05, 0) is 120 Å². The number of phenols is 2. The zero-order valence-electron chi connectivity index (χ0n) is 34.4. The topological polar surface area (TPSA) is 199 Å². The van der Waals surface area contributed by atoms with Crippen LogP contribution < -0.4 is 26.7 Å². The summed E-state index contributed by atoms with van der Waals surface area (Å²) in [5.41, 5.74) is 7.12. The summed E-state index contributed by atoms with van der Waals surface area (Å²) < 4.78 is 11.7. The second-order valence-corrected chi connectivity index (χ2v) is 15.9. The van der Waals surface area contributed by atoms with E-state index in [4.69, 9.17) is 21.4 Å². The predicted molar refractivity (Wildman–Crippen MR) is 248 cm³/mol. The van der Waals surface area contributed by atoms with Gasteiger partial charge in [0, 0.05) is 53.3 Å². The van der Waals surface area contributed by atoms with Gasteiger partial charge >= 0.3 is 12.1 Å². The third-order valence-corrected chi connectivity index (χ3v) is 11.5. The molecule has 13 nitrogen and oxygen atoms in total. The summed E-state index contributed by atoms with van der Waals surface area (Å²) in [6.07, 6.45) is 1.25. The van der Waals surface area contributed by atoms with Gasteiger partial charge in [0.15, 0.2) is 10.5 Å². The van der Waals surface area contributed by atoms with E-state index >= 15 is 0 Å². The number of thiocarbonyl (C=S) groups is 1. The zero-order valence-corrected chi connectivity index (χ0v) is 35.2. The summed E-state index contributed by atoms with van der Waals surface area (Å²) in [4.78, 5) is 51.7. The first-order valence-corrected chi connectivity index (χ1v) is 21.2. The normalized spacial score (nSPS) is 12.2. The number of aromatic carboxylic acids is 1. The van der Waals surface area contributed by atoms with Gasteiger partial charge in [-0.1, -0.05) is 66.7 Å². The first-order chi connectivity index (χ1) is 31.0. The van der Waals surface area contributed by atoms with Crippen molar-refractivity contribution in [2.24, 2.45) is 0 Å². The summed E-state index contributed by atoms with van der Waals surface area (Å²) in [6.45, 7) is 0.834. The highest BCUT2D eigenvalue weighted by Gasteiger charge is 2.30. The molecule has 5 aromatic carbocycles. The Labute approximate surface area is 373 Å². The molecule has 5 aromatic rings. The van der Waals surface area contributed by atoms with Crippen LogP contribution in [0.5, 0.6) is 11.5 Å². The van der Waals surface area contributed by atoms with E-state index in [2.05, 4.69) is 33.4 Å². The number of nitrogens with one attached hydrogen (secondary N) is 4. The number of fused-ring (bicyclic) bond motifs is 5. The Morgan fingerprint density at radius 2 is 1.44 bits per heavy atom. The Kier molecular flexibility index (Phi) is 12.8. The van der Waals surface area contributed by atoms with Gasteiger partial charge in [0.1, 0.15) is 35.5 Å². The van der Waals surface area contributed by atoms with E-state index in [-0.39, 0.29) is 57.4 Å². The Hall–Kier alpha value is -7.71. The molecule has 0 aromatic heterocycles. The molecule has 0 bridgehead atoms. The lowest BCUT2D eigenvalue weighted by Crippen LogP contribution is -2.47. The van der Waals surface area contributed by atoms with Gasteiger partial charge in [-0.3, -0.25) is 9.59 Å². The average Bonchev–Trinajstić information content (AvgIpc) is 3.60. The number of unbranched alkanes of at least 4 members (excludes halogenated alkanes) is 1. The van der Waals surface area contributed by atoms with Crippen molar-refractivity contribution in [1.82, 2.24) is 16.0 Å². The summed E-state index contributed by atoms with van der Waals surface area (Å²) in [5.74, 6) is -1.33. The van der Waals surface area contributed by atoms with Crippen molar-refractivity contribution in [2.45, 2.75) is 37.6 Å². The van der Waals surface area contributed by atoms with Crippen LogP contribution in [-0.4, -0.2) is 64.1 Å². The molecule has 1 heterocycles. The van der Waals surface area contributed by atoms with Gasteiger partial charge in [-0.25, -0.2) is 9.59 Å². The number of amides is 2. The van der Waals surface area contributed by atoms with Crippen LogP contribution in [0.1, 0.15) is 52.2 Å². The van der Waals surface area contributed by atoms with Crippen LogP contribution in [0.4, 0.5) is 10.5 Å². The van der Waals surface area contributed by atoms with E-state index in [1.165, 1.54) is 30.3 Å². The molecule has 2 amide bonds. The minimum absolute atomic E-state index is 0.0304. The van der Waals surface area contributed by atoms with Crippen molar-refractivity contribution in [2.75, 3.05) is 25.0 Å². The molecule has 0 radical (unpaired) electrons. The number of anilines is 1. The zero-order chi connectivity index (χ0) is 44.7. The number of carbonyl (C=O) groups excluding carboxylic acids is 2. The molecule has 64 heavy (non-hydrogen) atoms. The van der Waals surface area contributed by atoms with Crippen molar-refractivity contribution in [3.63, 3.8) is 0 Å². The number of benzene rings is 6. The summed E-state index contributed by atoms with van der Waals surface area (Å²) in [7, 11) is 0. The van der Waals surface area contributed by atoms with Gasteiger partial charge in [0.05, 0.1) is 5.56 Å². The van der Waals surface area contributed by atoms with Gasteiger partial charge in [-0.15, -0.1) is 0 Å². The Morgan fingerprint density at radius 3 is 2.17 bits per heavy atom. The number of rotatable bonds is 15. The predicted octanol–water partition coefficient (Wildman–Crippen LogP) is 8.40. The number of ether oxygens (including phenoxy) is 1. The maximum atomic E-state index is 13.5. The molecule has 7 N–H and O–H groups in total. The fourth-order valence-electron chi connectivity index (χ4n) is 8.18. The van der Waals surface area contributed by atoms with E-state index < -0.39 is 18.1 Å². The molecular weight excluding hydrogens is 833 g/mol. The van der Waals surface area contributed by atoms with Crippen molar-refractivity contribution >= 4 is 52.0 Å². The van der Waals surface area contributed by atoms with Gasteiger partial charge in [0.25, 0.3) is 0 Å². The Balaban J connectivity index is 0.886. The number of phenolic OH excluding ortho intramolecular Hbond substituents is 2. The average molecular weight is 877 g/mol. The molecule has 1 aliphatic heterocycles. The number of carbonyl (C=O) groups is 3. The smallest absolute Gasteiger partial charge is 0.407 e. The standard InChI is InChI=1S/C50H44N4O9S/c55-31-15-12-29(13-16-31)22-24-51-47(58)43(54-50(61)62-28-42-36-9-3-1-7-34(36)35-8-2-4-10-37(35)42)11-5-6-23-52-49(64)53-30-14-19-38(41(25-30)48(59)60)46-39-20-17-32(56)26-44(39)63-45-27-33(57)18-21-40(45)46/h1-4,7-10,12-21,25-27,42-43,55-56H,5-6,11,22-24,28H2,(H,51,58)(H,54,61)(H,59,60)(H2,52,53,64). The number of alkyl carbamates (subject to hydrolysis) is 1. The van der Waals surface area contributed by atoms with E-state index in [1.54, 1.807) is 48.5 Å². The van der Waals surface area contributed by atoms with Crippen LogP contribution in [-0.2, 0) is 16.0 Å². The fourth-order valence-corrected chi connectivity index (χ4v) is 8.40. The van der Waals surface area contributed by atoms with Gasteiger partial charge in [0.2, 0.25) is 5.91 Å². The highest BCUT2D eigenvalue weighted by atomic mass is 32.1. The van der Waals surface area contributed by atoms with Crippen LogP contribution in [0, 0.1) is 0 Å². The van der Waals surface area contributed by atoms with Crippen molar-refractivity contribution in [3.05, 3.63) is 160 Å².